The molecule has 25 heavy (non-hydrogen) atoms. The van der Waals surface area contributed by atoms with Gasteiger partial charge in [-0.3, -0.25) is 4.79 Å². The zero-order valence-corrected chi connectivity index (χ0v) is 16.8. The molecular formula is C18H16BrClN2O2S. The summed E-state index contributed by atoms with van der Waals surface area (Å²) >= 11 is 10.9. The van der Waals surface area contributed by atoms with Crippen LogP contribution in [0.4, 0.5) is 0 Å². The summed E-state index contributed by atoms with van der Waals surface area (Å²) in [6.07, 6.45) is 0. The van der Waals surface area contributed by atoms with E-state index in [1.54, 1.807) is 13.2 Å². The van der Waals surface area contributed by atoms with Gasteiger partial charge in [0.15, 0.2) is 10.7 Å². The van der Waals surface area contributed by atoms with Crippen LogP contribution in [0.3, 0.4) is 0 Å². The lowest BCUT2D eigenvalue weighted by Gasteiger charge is -2.17. The second-order valence-electron chi connectivity index (χ2n) is 5.70. The van der Waals surface area contributed by atoms with Gasteiger partial charge in [0.2, 0.25) is 0 Å². The Morgan fingerprint density at radius 2 is 2.00 bits per heavy atom. The van der Waals surface area contributed by atoms with Crippen molar-refractivity contribution in [2.24, 2.45) is 4.99 Å². The summed E-state index contributed by atoms with van der Waals surface area (Å²) in [5, 5.41) is 4.11. The Morgan fingerprint density at radius 1 is 1.28 bits per heavy atom. The number of thioether (sulfide) groups is 1. The minimum atomic E-state index is -0.915. The molecule has 2 aromatic carbocycles. The van der Waals surface area contributed by atoms with Gasteiger partial charge in [0, 0.05) is 20.8 Å². The van der Waals surface area contributed by atoms with Crippen LogP contribution < -0.4 is 10.1 Å². The fourth-order valence-electron chi connectivity index (χ4n) is 2.55. The Balaban J connectivity index is 1.79. The first-order chi connectivity index (χ1) is 11.9. The third-order valence-electron chi connectivity index (χ3n) is 4.00. The summed E-state index contributed by atoms with van der Waals surface area (Å²) in [6.45, 7) is 1.82. The molecule has 0 saturated carbocycles. The summed E-state index contributed by atoms with van der Waals surface area (Å²) in [5.74, 6) is 1.23. The van der Waals surface area contributed by atoms with Crippen molar-refractivity contribution in [1.29, 1.82) is 0 Å². The number of amides is 1. The molecule has 0 bridgehead atoms. The summed E-state index contributed by atoms with van der Waals surface area (Å²) in [6, 6.07) is 13.1. The highest BCUT2D eigenvalue weighted by atomic mass is 79.9. The third-order valence-corrected chi connectivity index (χ3v) is 5.69. The van der Waals surface area contributed by atoms with Gasteiger partial charge in [-0.15, -0.1) is 0 Å². The second kappa shape index (κ2) is 7.40. The molecule has 1 aliphatic heterocycles. The van der Waals surface area contributed by atoms with Gasteiger partial charge in [0.05, 0.1) is 7.11 Å². The number of halogens is 2. The van der Waals surface area contributed by atoms with Gasteiger partial charge in [-0.05, 0) is 42.8 Å². The molecule has 1 N–H and O–H groups in total. The van der Waals surface area contributed by atoms with Gasteiger partial charge in [0.1, 0.15) is 5.75 Å². The average molecular weight is 440 g/mol. The van der Waals surface area contributed by atoms with Crippen molar-refractivity contribution in [1.82, 2.24) is 5.32 Å². The lowest BCUT2D eigenvalue weighted by molar-refractivity contribution is -0.123. The molecule has 1 unspecified atom stereocenters. The normalized spacial score (nSPS) is 19.5. The van der Waals surface area contributed by atoms with Crippen LogP contribution in [0.1, 0.15) is 18.1 Å². The van der Waals surface area contributed by atoms with Crippen LogP contribution in [0.25, 0.3) is 0 Å². The maximum absolute atomic E-state index is 12.5. The molecule has 0 radical (unpaired) electrons. The van der Waals surface area contributed by atoms with E-state index in [1.807, 2.05) is 43.3 Å². The van der Waals surface area contributed by atoms with E-state index in [4.69, 9.17) is 16.3 Å². The van der Waals surface area contributed by atoms with E-state index < -0.39 is 5.54 Å². The largest absolute Gasteiger partial charge is 0.496 e. The van der Waals surface area contributed by atoms with E-state index in [9.17, 15) is 4.79 Å². The number of amidine groups is 1. The van der Waals surface area contributed by atoms with Crippen molar-refractivity contribution < 1.29 is 9.53 Å². The van der Waals surface area contributed by atoms with Crippen molar-refractivity contribution in [3.8, 4) is 5.75 Å². The monoisotopic (exact) mass is 438 g/mol. The van der Waals surface area contributed by atoms with Crippen molar-refractivity contribution in [3.05, 3.63) is 63.1 Å². The van der Waals surface area contributed by atoms with Gasteiger partial charge in [-0.1, -0.05) is 51.4 Å². The molecule has 1 amide bonds. The highest BCUT2D eigenvalue weighted by molar-refractivity contribution is 9.10. The molecule has 2 aromatic rings. The SMILES string of the molecule is COc1ccc(Cl)cc1CSC1=NC(C)(c2ccc(Br)cc2)C(=O)N1. The Hall–Kier alpha value is -1.50. The van der Waals surface area contributed by atoms with Crippen molar-refractivity contribution in [2.45, 2.75) is 18.2 Å². The van der Waals surface area contributed by atoms with Crippen molar-refractivity contribution in [3.63, 3.8) is 0 Å². The molecular weight excluding hydrogens is 424 g/mol. The molecule has 4 nitrogen and oxygen atoms in total. The fraction of sp³-hybridized carbons (Fsp3) is 0.222. The lowest BCUT2D eigenvalue weighted by Crippen LogP contribution is -2.34. The van der Waals surface area contributed by atoms with E-state index in [0.717, 1.165) is 21.3 Å². The first-order valence-corrected chi connectivity index (χ1v) is 9.70. The maximum Gasteiger partial charge on any atom is 0.258 e. The number of methoxy groups -OCH3 is 1. The van der Waals surface area contributed by atoms with E-state index in [0.29, 0.717) is 15.9 Å². The van der Waals surface area contributed by atoms with E-state index >= 15 is 0 Å². The van der Waals surface area contributed by atoms with Gasteiger partial charge in [-0.25, -0.2) is 4.99 Å². The van der Waals surface area contributed by atoms with Crippen LogP contribution in [0.5, 0.6) is 5.75 Å². The number of hydrogen-bond donors (Lipinski definition) is 1. The quantitative estimate of drug-likeness (QED) is 0.748. The standard InChI is InChI=1S/C18H16BrClN2O2S/c1-18(12-3-5-13(19)6-4-12)16(23)21-17(22-18)25-10-11-9-14(20)7-8-15(11)24-2/h3-9H,10H2,1-2H3,(H,21,22,23). The predicted octanol–water partition coefficient (Wildman–Crippen LogP) is 4.75. The Kier molecular flexibility index (Phi) is 5.41. The first-order valence-electron chi connectivity index (χ1n) is 7.55. The summed E-state index contributed by atoms with van der Waals surface area (Å²) in [5.41, 5.74) is 0.889. The highest BCUT2D eigenvalue weighted by Gasteiger charge is 2.40. The van der Waals surface area contributed by atoms with Crippen molar-refractivity contribution in [2.75, 3.05) is 7.11 Å². The van der Waals surface area contributed by atoms with Crippen LogP contribution in [-0.4, -0.2) is 18.2 Å². The molecule has 0 saturated heterocycles. The fourth-order valence-corrected chi connectivity index (χ4v) is 3.93. The van der Waals surface area contributed by atoms with Crippen LogP contribution in [-0.2, 0) is 16.1 Å². The summed E-state index contributed by atoms with van der Waals surface area (Å²) in [7, 11) is 1.62. The highest BCUT2D eigenvalue weighted by Crippen LogP contribution is 2.33. The van der Waals surface area contributed by atoms with Crippen molar-refractivity contribution >= 4 is 50.4 Å². The molecule has 3 rings (SSSR count). The first kappa shape index (κ1) is 18.3. The minimum Gasteiger partial charge on any atom is -0.496 e. The Morgan fingerprint density at radius 3 is 2.68 bits per heavy atom. The number of rotatable bonds is 4. The molecule has 0 aromatic heterocycles. The third kappa shape index (κ3) is 3.86. The Labute approximate surface area is 164 Å². The predicted molar refractivity (Wildman–Crippen MR) is 106 cm³/mol. The molecule has 7 heteroatoms. The number of ether oxygens (including phenoxy) is 1. The zero-order chi connectivity index (χ0) is 18.0. The van der Waals surface area contributed by atoms with Gasteiger partial charge in [0.25, 0.3) is 5.91 Å². The van der Waals surface area contributed by atoms with E-state index in [2.05, 4.69) is 26.2 Å². The number of hydrogen-bond acceptors (Lipinski definition) is 4. The minimum absolute atomic E-state index is 0.129. The molecule has 1 atom stereocenters. The van der Waals surface area contributed by atoms with Gasteiger partial charge in [-0.2, -0.15) is 0 Å². The van der Waals surface area contributed by atoms with Crippen LogP contribution in [0.15, 0.2) is 51.9 Å². The van der Waals surface area contributed by atoms with Gasteiger partial charge < -0.3 is 10.1 Å². The van der Waals surface area contributed by atoms with E-state index in [1.165, 1.54) is 11.8 Å². The molecule has 130 valence electrons. The number of benzene rings is 2. The zero-order valence-electron chi connectivity index (χ0n) is 13.7. The Bertz CT molecular complexity index is 841. The topological polar surface area (TPSA) is 50.7 Å². The van der Waals surface area contributed by atoms with Gasteiger partial charge >= 0.3 is 0 Å². The lowest BCUT2D eigenvalue weighted by atomic mass is 9.93. The van der Waals surface area contributed by atoms with Crippen LogP contribution in [0.2, 0.25) is 5.02 Å². The summed E-state index contributed by atoms with van der Waals surface area (Å²) < 4.78 is 6.32. The number of nitrogens with zero attached hydrogens (tertiary/aromatic N) is 1. The number of nitrogens with one attached hydrogen (secondary N) is 1. The van der Waals surface area contributed by atoms with Crippen LogP contribution in [0, 0.1) is 0 Å². The summed E-state index contributed by atoms with van der Waals surface area (Å²) in [4.78, 5) is 17.1. The molecule has 0 spiro atoms. The van der Waals surface area contributed by atoms with Crippen LogP contribution >= 0.6 is 39.3 Å². The smallest absolute Gasteiger partial charge is 0.258 e. The molecule has 0 aliphatic carbocycles. The maximum atomic E-state index is 12.5. The number of carbonyl (C=O) groups excluding carboxylic acids is 1. The van der Waals surface area contributed by atoms with E-state index in [-0.39, 0.29) is 5.91 Å². The molecule has 1 aliphatic rings. The number of carbonyl (C=O) groups is 1. The number of aliphatic imine (C=N–C) groups is 1. The second-order valence-corrected chi connectivity index (χ2v) is 8.01. The average Bonchev–Trinajstić information content (AvgIpc) is 2.89. The molecule has 1 heterocycles. The molecule has 0 fully saturated rings.